The van der Waals surface area contributed by atoms with Crippen LogP contribution in [0.1, 0.15) is 5.56 Å². The highest BCUT2D eigenvalue weighted by molar-refractivity contribution is 6.12. The van der Waals surface area contributed by atoms with Crippen molar-refractivity contribution < 1.29 is 0 Å². The smallest absolute Gasteiger partial charge is 0.188 e. The molecule has 0 amide bonds. The van der Waals surface area contributed by atoms with Gasteiger partial charge in [0.25, 0.3) is 0 Å². The van der Waals surface area contributed by atoms with Gasteiger partial charge in [0, 0.05) is 27.8 Å². The van der Waals surface area contributed by atoms with Crippen molar-refractivity contribution in [2.45, 2.75) is 0 Å². The molecule has 11 aromatic rings. The lowest BCUT2D eigenvalue weighted by Gasteiger charge is -2.21. The Labute approximate surface area is 412 Å². The van der Waals surface area contributed by atoms with Crippen molar-refractivity contribution in [3.8, 4) is 84.4 Å². The monoisotopic (exact) mass is 906 g/mol. The molecular formula is C65H42N6. The molecule has 0 radical (unpaired) electrons. The van der Waals surface area contributed by atoms with Crippen molar-refractivity contribution in [3.05, 3.63) is 272 Å². The van der Waals surface area contributed by atoms with E-state index in [4.69, 9.17) is 28.1 Å². The van der Waals surface area contributed by atoms with E-state index in [1.54, 1.807) is 6.08 Å². The van der Waals surface area contributed by atoms with E-state index in [1.165, 1.54) is 0 Å². The molecule has 0 aliphatic rings. The number of nitrogens with zero attached hydrogens (tertiary/aromatic N) is 6. The van der Waals surface area contributed by atoms with Gasteiger partial charge in [0.15, 0.2) is 28.8 Å². The fourth-order valence-electron chi connectivity index (χ4n) is 9.39. The molecule has 0 spiro atoms. The Morgan fingerprint density at radius 3 is 1.24 bits per heavy atom. The SMILES string of the molecule is [C-]#[N+]c1ccc2c(c1)c1cc([N+]#[C-])ccc1n2-c1c(-c2ccccc2)cc(-c2nc(-c3ccc(/C(C=C)=C/C=C)cc3)nc(-c3cc(-c4ccccc4)cc(-c4ccccc4)c3)n2)cc1-c1ccccc1. The molecule has 0 aliphatic carbocycles. The summed E-state index contributed by atoms with van der Waals surface area (Å²) in [6.45, 7) is 23.8. The number of allylic oxidation sites excluding steroid dienone is 4. The van der Waals surface area contributed by atoms with Gasteiger partial charge in [0.05, 0.1) is 29.9 Å². The number of hydrogen-bond donors (Lipinski definition) is 0. The van der Waals surface area contributed by atoms with Gasteiger partial charge in [-0.1, -0.05) is 189 Å². The largest absolute Gasteiger partial charge is 0.308 e. The van der Waals surface area contributed by atoms with E-state index >= 15 is 0 Å². The number of hydrogen-bond acceptors (Lipinski definition) is 3. The summed E-state index contributed by atoms with van der Waals surface area (Å²) < 4.78 is 2.28. The molecule has 6 nitrogen and oxygen atoms in total. The fraction of sp³-hybridized carbons (Fsp3) is 0. The van der Waals surface area contributed by atoms with Crippen molar-refractivity contribution in [2.24, 2.45) is 0 Å². The average molecular weight is 907 g/mol. The quantitative estimate of drug-likeness (QED) is 0.0960. The van der Waals surface area contributed by atoms with Gasteiger partial charge in [-0.3, -0.25) is 0 Å². The summed E-state index contributed by atoms with van der Waals surface area (Å²) in [6.07, 6.45) is 5.53. The average Bonchev–Trinajstić information content (AvgIpc) is 3.77. The van der Waals surface area contributed by atoms with Crippen LogP contribution in [0.15, 0.2) is 244 Å². The maximum absolute atomic E-state index is 7.91. The predicted octanol–water partition coefficient (Wildman–Crippen LogP) is 17.5. The number of rotatable bonds is 11. The minimum atomic E-state index is 0.505. The lowest BCUT2D eigenvalue weighted by atomic mass is 9.92. The van der Waals surface area contributed by atoms with Crippen molar-refractivity contribution >= 4 is 38.8 Å². The summed E-state index contributed by atoms with van der Waals surface area (Å²) in [7, 11) is 0. The third kappa shape index (κ3) is 8.40. The summed E-state index contributed by atoms with van der Waals surface area (Å²) in [4.78, 5) is 23.7. The lowest BCUT2D eigenvalue weighted by Crippen LogP contribution is -2.04. The predicted molar refractivity (Wildman–Crippen MR) is 293 cm³/mol. The van der Waals surface area contributed by atoms with Crippen LogP contribution in [0.4, 0.5) is 11.4 Å². The molecule has 0 N–H and O–H groups in total. The Balaban J connectivity index is 1.22. The number of benzene rings is 9. The van der Waals surface area contributed by atoms with E-state index in [9.17, 15) is 0 Å². The molecule has 0 bridgehead atoms. The maximum Gasteiger partial charge on any atom is 0.188 e. The van der Waals surface area contributed by atoms with Gasteiger partial charge in [-0.25, -0.2) is 24.6 Å². The molecule has 0 aliphatic heterocycles. The molecule has 2 heterocycles. The van der Waals surface area contributed by atoms with Crippen LogP contribution in [0, 0.1) is 13.1 Å². The van der Waals surface area contributed by atoms with E-state index in [0.29, 0.717) is 28.8 Å². The zero-order valence-electron chi connectivity index (χ0n) is 38.5. The van der Waals surface area contributed by atoms with Gasteiger partial charge < -0.3 is 4.57 Å². The lowest BCUT2D eigenvalue weighted by molar-refractivity contribution is 1.07. The van der Waals surface area contributed by atoms with Gasteiger partial charge in [0.2, 0.25) is 0 Å². The van der Waals surface area contributed by atoms with E-state index in [0.717, 1.165) is 99.8 Å². The minimum Gasteiger partial charge on any atom is -0.308 e. The van der Waals surface area contributed by atoms with Crippen LogP contribution in [0.5, 0.6) is 0 Å². The van der Waals surface area contributed by atoms with E-state index in [-0.39, 0.29) is 0 Å². The molecule has 332 valence electrons. The molecule has 2 aromatic heterocycles. The summed E-state index contributed by atoms with van der Waals surface area (Å²) in [5.74, 6) is 1.56. The molecule has 0 saturated heterocycles. The van der Waals surface area contributed by atoms with Crippen LogP contribution < -0.4 is 0 Å². The van der Waals surface area contributed by atoms with Crippen molar-refractivity contribution in [2.75, 3.05) is 0 Å². The zero-order chi connectivity index (χ0) is 48.3. The highest BCUT2D eigenvalue weighted by Crippen LogP contribution is 2.45. The molecule has 11 rings (SSSR count). The zero-order valence-corrected chi connectivity index (χ0v) is 38.5. The van der Waals surface area contributed by atoms with Crippen LogP contribution in [0.2, 0.25) is 0 Å². The van der Waals surface area contributed by atoms with E-state index < -0.39 is 0 Å². The van der Waals surface area contributed by atoms with Crippen molar-refractivity contribution in [1.29, 1.82) is 0 Å². The maximum atomic E-state index is 7.91. The molecule has 0 unspecified atom stereocenters. The summed E-state index contributed by atoms with van der Waals surface area (Å²) in [5, 5.41) is 1.79. The molecule has 6 heteroatoms. The number of aromatic nitrogens is 4. The summed E-state index contributed by atoms with van der Waals surface area (Å²) in [6, 6.07) is 72.3. The molecule has 0 saturated carbocycles. The molecule has 0 atom stereocenters. The first-order chi connectivity index (χ1) is 35.0. The molecule has 0 fully saturated rings. The van der Waals surface area contributed by atoms with Crippen LogP contribution in [-0.2, 0) is 0 Å². The van der Waals surface area contributed by atoms with Gasteiger partial charge in [-0.05, 0) is 110 Å². The highest BCUT2D eigenvalue weighted by Gasteiger charge is 2.24. The first-order valence-corrected chi connectivity index (χ1v) is 23.2. The summed E-state index contributed by atoms with van der Waals surface area (Å²) >= 11 is 0. The van der Waals surface area contributed by atoms with Gasteiger partial charge in [0.1, 0.15) is 0 Å². The van der Waals surface area contributed by atoms with Crippen LogP contribution in [0.3, 0.4) is 0 Å². The minimum absolute atomic E-state index is 0.505. The first kappa shape index (κ1) is 43.6. The molecule has 71 heavy (non-hydrogen) atoms. The number of fused-ring (bicyclic) bond motifs is 3. The molecule has 9 aromatic carbocycles. The van der Waals surface area contributed by atoms with Crippen LogP contribution >= 0.6 is 0 Å². The highest BCUT2D eigenvalue weighted by atomic mass is 15.0. The van der Waals surface area contributed by atoms with Gasteiger partial charge in [-0.15, -0.1) is 0 Å². The summed E-state index contributed by atoms with van der Waals surface area (Å²) in [5.41, 5.74) is 16.4. The third-order valence-electron chi connectivity index (χ3n) is 12.8. The normalized spacial score (nSPS) is 11.3. The first-order valence-electron chi connectivity index (χ1n) is 23.2. The van der Waals surface area contributed by atoms with Crippen LogP contribution in [-0.4, -0.2) is 19.5 Å². The fourth-order valence-corrected chi connectivity index (χ4v) is 9.39. The topological polar surface area (TPSA) is 52.3 Å². The second kappa shape index (κ2) is 18.9. The molecular weight excluding hydrogens is 865 g/mol. The Bertz CT molecular complexity index is 3760. The Hall–Kier alpha value is -10.0. The van der Waals surface area contributed by atoms with Crippen LogP contribution in [0.25, 0.3) is 121 Å². The van der Waals surface area contributed by atoms with Crippen molar-refractivity contribution in [1.82, 2.24) is 19.5 Å². The Morgan fingerprint density at radius 2 is 0.817 bits per heavy atom. The third-order valence-corrected chi connectivity index (χ3v) is 12.8. The van der Waals surface area contributed by atoms with Gasteiger partial charge in [-0.2, -0.15) is 0 Å². The van der Waals surface area contributed by atoms with Crippen molar-refractivity contribution in [3.63, 3.8) is 0 Å². The van der Waals surface area contributed by atoms with Gasteiger partial charge >= 0.3 is 0 Å². The Kier molecular flexibility index (Phi) is 11.6. The van der Waals surface area contributed by atoms with E-state index in [2.05, 4.69) is 167 Å². The standard InChI is InChI=1S/C65H42N6/c1-5-19-43(6-2)46-28-30-49(31-29-46)63-68-64(52-37-50(44-20-11-7-12-21-44)36-51(38-52)45-22-13-8-14-23-45)70-65(69-63)53-39-56(47-24-15-9-16-25-47)62(57(40-53)48-26-17-10-18-27-48)71-60-34-32-54(66-3)41-58(60)59-42-55(67-4)33-35-61(59)71/h5-42H,1-2H2/b43-19+. The Morgan fingerprint density at radius 1 is 0.408 bits per heavy atom. The van der Waals surface area contributed by atoms with E-state index in [1.807, 2.05) is 84.9 Å². The second-order valence-electron chi connectivity index (χ2n) is 17.1. The second-order valence-corrected chi connectivity index (χ2v) is 17.1.